The minimum absolute atomic E-state index is 0.0775. The number of guanidine groups is 1. The summed E-state index contributed by atoms with van der Waals surface area (Å²) in [5.41, 5.74) is 11.1. The van der Waals surface area contributed by atoms with Crippen molar-refractivity contribution in [3.8, 4) is 5.75 Å². The number of sulfone groups is 1. The lowest BCUT2D eigenvalue weighted by molar-refractivity contribution is 0.100. The maximum atomic E-state index is 11.9. The predicted molar refractivity (Wildman–Crippen MR) is 75.6 cm³/mol. The second kappa shape index (κ2) is 5.91. The Bertz CT molecular complexity index is 662. The first-order chi connectivity index (χ1) is 9.20. The minimum atomic E-state index is -3.54. The molecule has 110 valence electrons. The fraction of sp³-hybridized carbons (Fsp3) is 0.333. The number of hydrogen-bond acceptors (Lipinski definition) is 4. The summed E-state index contributed by atoms with van der Waals surface area (Å²) >= 11 is 0. The number of nitrogens with two attached hydrogens (primary N) is 2. The highest BCUT2D eigenvalue weighted by Crippen LogP contribution is 2.28. The van der Waals surface area contributed by atoms with Gasteiger partial charge in [0.25, 0.3) is 5.91 Å². The van der Waals surface area contributed by atoms with Gasteiger partial charge < -0.3 is 16.2 Å². The molecule has 1 aromatic carbocycles. The first-order valence-corrected chi connectivity index (χ1v) is 7.64. The second-order valence-electron chi connectivity index (χ2n) is 4.13. The third kappa shape index (κ3) is 3.47. The first kappa shape index (κ1) is 16.0. The lowest BCUT2D eigenvalue weighted by atomic mass is 10.0. The Labute approximate surface area is 117 Å². The van der Waals surface area contributed by atoms with Crippen LogP contribution < -0.4 is 16.2 Å². The molecule has 0 aromatic heterocycles. The molecule has 0 heterocycles. The lowest BCUT2D eigenvalue weighted by Gasteiger charge is -2.12. The van der Waals surface area contributed by atoms with Crippen molar-refractivity contribution < 1.29 is 17.9 Å². The number of nitrogens with zero attached hydrogens (tertiary/aromatic N) is 1. The summed E-state index contributed by atoms with van der Waals surface area (Å²) in [5, 5.41) is 0. The van der Waals surface area contributed by atoms with Gasteiger partial charge in [0.2, 0.25) is 0 Å². The molecule has 1 rings (SSSR count). The zero-order chi connectivity index (χ0) is 15.5. The van der Waals surface area contributed by atoms with Crippen molar-refractivity contribution in [1.29, 1.82) is 0 Å². The number of rotatable bonds is 4. The quantitative estimate of drug-likeness (QED) is 0.599. The van der Waals surface area contributed by atoms with E-state index in [4.69, 9.17) is 16.2 Å². The van der Waals surface area contributed by atoms with Gasteiger partial charge in [-0.3, -0.25) is 4.79 Å². The van der Waals surface area contributed by atoms with Crippen LogP contribution in [0.2, 0.25) is 0 Å². The fourth-order valence-electron chi connectivity index (χ4n) is 1.72. The number of carbonyl (C=O) groups is 1. The topological polar surface area (TPSA) is 125 Å². The molecule has 0 saturated heterocycles. The van der Waals surface area contributed by atoms with Gasteiger partial charge in [-0.25, -0.2) is 8.42 Å². The van der Waals surface area contributed by atoms with E-state index >= 15 is 0 Å². The number of aliphatic imine (C=N–C) groups is 1. The van der Waals surface area contributed by atoms with Gasteiger partial charge in [0.15, 0.2) is 15.8 Å². The SMILES string of the molecule is CCc1cc(OC)c(S(C)(=O)=O)cc1C(=O)N=C(N)N. The van der Waals surface area contributed by atoms with Crippen LogP contribution in [0.15, 0.2) is 22.0 Å². The summed E-state index contributed by atoms with van der Waals surface area (Å²) in [6.45, 7) is 1.82. The number of methoxy groups -OCH3 is 1. The molecule has 0 aliphatic heterocycles. The van der Waals surface area contributed by atoms with E-state index in [1.165, 1.54) is 19.2 Å². The number of ether oxygens (including phenoxy) is 1. The zero-order valence-electron chi connectivity index (χ0n) is 11.5. The van der Waals surface area contributed by atoms with E-state index in [1.807, 2.05) is 6.92 Å². The van der Waals surface area contributed by atoms with Crippen molar-refractivity contribution in [2.24, 2.45) is 16.5 Å². The molecular formula is C12H17N3O4S. The summed E-state index contributed by atoms with van der Waals surface area (Å²) < 4.78 is 28.5. The van der Waals surface area contributed by atoms with E-state index in [0.717, 1.165) is 6.26 Å². The van der Waals surface area contributed by atoms with Crippen LogP contribution in [0.5, 0.6) is 5.75 Å². The van der Waals surface area contributed by atoms with Crippen LogP contribution in [0.1, 0.15) is 22.8 Å². The van der Waals surface area contributed by atoms with Crippen molar-refractivity contribution in [3.63, 3.8) is 0 Å². The number of amides is 1. The van der Waals surface area contributed by atoms with E-state index in [1.54, 1.807) is 0 Å². The molecule has 1 aromatic rings. The third-order valence-corrected chi connectivity index (χ3v) is 3.75. The van der Waals surface area contributed by atoms with Crippen LogP contribution in [0.25, 0.3) is 0 Å². The van der Waals surface area contributed by atoms with Gasteiger partial charge in [-0.1, -0.05) is 6.92 Å². The molecule has 20 heavy (non-hydrogen) atoms. The molecule has 1 amide bonds. The Morgan fingerprint density at radius 2 is 1.95 bits per heavy atom. The largest absolute Gasteiger partial charge is 0.495 e. The van der Waals surface area contributed by atoms with Crippen LogP contribution in [-0.4, -0.2) is 33.7 Å². The average molecular weight is 299 g/mol. The molecule has 0 aliphatic carbocycles. The Balaban J connectivity index is 3.60. The zero-order valence-corrected chi connectivity index (χ0v) is 12.3. The van der Waals surface area contributed by atoms with Crippen molar-refractivity contribution in [3.05, 3.63) is 23.3 Å². The first-order valence-electron chi connectivity index (χ1n) is 5.75. The highest BCUT2D eigenvalue weighted by atomic mass is 32.2. The van der Waals surface area contributed by atoms with Gasteiger partial charge in [-0.05, 0) is 24.1 Å². The van der Waals surface area contributed by atoms with E-state index in [2.05, 4.69) is 4.99 Å². The highest BCUT2D eigenvalue weighted by molar-refractivity contribution is 7.90. The maximum Gasteiger partial charge on any atom is 0.280 e. The van der Waals surface area contributed by atoms with Crippen molar-refractivity contribution in [1.82, 2.24) is 0 Å². The molecule has 0 aliphatic rings. The maximum absolute atomic E-state index is 11.9. The predicted octanol–water partition coefficient (Wildman–Crippen LogP) is 0.0747. The monoisotopic (exact) mass is 299 g/mol. The summed E-state index contributed by atoms with van der Waals surface area (Å²) in [7, 11) is -2.18. The van der Waals surface area contributed by atoms with Gasteiger partial charge in [0.1, 0.15) is 10.6 Å². The van der Waals surface area contributed by atoms with Gasteiger partial charge in [-0.15, -0.1) is 0 Å². The molecule has 0 bridgehead atoms. The fourth-order valence-corrected chi connectivity index (χ4v) is 2.56. The molecule has 0 radical (unpaired) electrons. The molecule has 0 atom stereocenters. The van der Waals surface area contributed by atoms with E-state index in [-0.39, 0.29) is 22.2 Å². The summed E-state index contributed by atoms with van der Waals surface area (Å²) in [4.78, 5) is 15.3. The molecule has 0 fully saturated rings. The van der Waals surface area contributed by atoms with Crippen LogP contribution in [-0.2, 0) is 16.3 Å². The Hall–Kier alpha value is -2.09. The van der Waals surface area contributed by atoms with Crippen molar-refractivity contribution in [2.45, 2.75) is 18.2 Å². The van der Waals surface area contributed by atoms with Crippen LogP contribution in [0, 0.1) is 0 Å². The van der Waals surface area contributed by atoms with Crippen molar-refractivity contribution >= 4 is 21.7 Å². The van der Waals surface area contributed by atoms with E-state index in [0.29, 0.717) is 12.0 Å². The Morgan fingerprint density at radius 1 is 1.35 bits per heavy atom. The molecule has 7 nitrogen and oxygen atoms in total. The van der Waals surface area contributed by atoms with Gasteiger partial charge in [-0.2, -0.15) is 4.99 Å². The Kier molecular flexibility index (Phi) is 4.72. The second-order valence-corrected chi connectivity index (χ2v) is 6.11. The van der Waals surface area contributed by atoms with Crippen LogP contribution in [0.4, 0.5) is 0 Å². The van der Waals surface area contributed by atoms with Crippen molar-refractivity contribution in [2.75, 3.05) is 13.4 Å². The molecular weight excluding hydrogens is 282 g/mol. The Morgan fingerprint density at radius 3 is 2.35 bits per heavy atom. The summed E-state index contributed by atoms with van der Waals surface area (Å²) in [5.74, 6) is -0.881. The summed E-state index contributed by atoms with van der Waals surface area (Å²) in [6, 6.07) is 2.74. The molecule has 0 spiro atoms. The average Bonchev–Trinajstić information content (AvgIpc) is 2.34. The summed E-state index contributed by atoms with van der Waals surface area (Å²) in [6.07, 6.45) is 1.53. The van der Waals surface area contributed by atoms with Gasteiger partial charge in [0.05, 0.1) is 7.11 Å². The van der Waals surface area contributed by atoms with E-state index in [9.17, 15) is 13.2 Å². The third-order valence-electron chi connectivity index (χ3n) is 2.63. The normalized spacial score (nSPS) is 10.9. The number of hydrogen-bond donors (Lipinski definition) is 2. The number of benzene rings is 1. The molecule has 4 N–H and O–H groups in total. The molecule has 0 unspecified atom stereocenters. The number of aryl methyl sites for hydroxylation is 1. The van der Waals surface area contributed by atoms with Gasteiger partial charge in [0, 0.05) is 11.8 Å². The minimum Gasteiger partial charge on any atom is -0.495 e. The lowest BCUT2D eigenvalue weighted by Crippen LogP contribution is -2.24. The van der Waals surface area contributed by atoms with Crippen LogP contribution >= 0.6 is 0 Å². The highest BCUT2D eigenvalue weighted by Gasteiger charge is 2.20. The molecule has 8 heteroatoms. The van der Waals surface area contributed by atoms with Crippen LogP contribution in [0.3, 0.4) is 0 Å². The number of carbonyl (C=O) groups excluding carboxylic acids is 1. The molecule has 0 saturated carbocycles. The van der Waals surface area contributed by atoms with Gasteiger partial charge >= 0.3 is 0 Å². The standard InChI is InChI=1S/C12H17N3O4S/c1-4-7-5-9(19-2)10(20(3,17)18)6-8(7)11(16)15-12(13)14/h5-6H,4H2,1-3H3,(H4,13,14,15,16). The smallest absolute Gasteiger partial charge is 0.280 e. The van der Waals surface area contributed by atoms with E-state index < -0.39 is 15.7 Å².